The first-order valence-corrected chi connectivity index (χ1v) is 10.2. The Hall–Kier alpha value is -0.680. The van der Waals surface area contributed by atoms with E-state index in [1.165, 1.54) is 37.1 Å². The molecule has 0 amide bonds. The van der Waals surface area contributed by atoms with Crippen LogP contribution in [0.5, 0.6) is 0 Å². The molecule has 0 saturated carbocycles. The average Bonchev–Trinajstić information content (AvgIpc) is 2.61. The molecular formula is C20H22Br2N2. The molecule has 3 aliphatic heterocycles. The minimum Gasteiger partial charge on any atom is -0.326 e. The van der Waals surface area contributed by atoms with E-state index < -0.39 is 0 Å². The van der Waals surface area contributed by atoms with Crippen LogP contribution in [0.25, 0.3) is 0 Å². The molecule has 3 fully saturated rings. The molecule has 0 spiro atoms. The highest BCUT2D eigenvalue weighted by molar-refractivity contribution is 9.10. The Morgan fingerprint density at radius 1 is 0.833 bits per heavy atom. The summed E-state index contributed by atoms with van der Waals surface area (Å²) in [6.45, 7) is 2.37. The molecule has 2 N–H and O–H groups in total. The summed E-state index contributed by atoms with van der Waals surface area (Å²) in [6, 6.07) is 18.2. The Morgan fingerprint density at radius 3 is 1.71 bits per heavy atom. The number of piperidine rings is 3. The van der Waals surface area contributed by atoms with Gasteiger partial charge in [-0.2, -0.15) is 0 Å². The molecule has 3 aliphatic rings. The molecule has 2 nitrogen and oxygen atoms in total. The Morgan fingerprint density at radius 2 is 1.29 bits per heavy atom. The molecule has 0 aliphatic carbocycles. The maximum atomic E-state index is 6.74. The standard InChI is InChI=1S/C20H22Br2N2/c21-16-5-1-13(2-6-16)18(14-3-7-17(22)8-4-14)20-19(23)15-9-11-24(20)12-10-15/h1-8,15,18-20H,9-12,23H2/t19-,20-/m1/s1. The van der Waals surface area contributed by atoms with Crippen molar-refractivity contribution in [2.75, 3.05) is 13.1 Å². The van der Waals surface area contributed by atoms with E-state index in [0.29, 0.717) is 17.9 Å². The van der Waals surface area contributed by atoms with Crippen LogP contribution in [0, 0.1) is 5.92 Å². The Kier molecular flexibility index (Phi) is 4.83. The van der Waals surface area contributed by atoms with E-state index >= 15 is 0 Å². The van der Waals surface area contributed by atoms with Gasteiger partial charge in [0, 0.05) is 26.9 Å². The van der Waals surface area contributed by atoms with Gasteiger partial charge in [0.05, 0.1) is 0 Å². The number of rotatable bonds is 3. The third-order valence-electron chi connectivity index (χ3n) is 5.73. The molecule has 2 aromatic rings. The minimum absolute atomic E-state index is 0.254. The zero-order valence-corrected chi connectivity index (χ0v) is 16.7. The van der Waals surface area contributed by atoms with Gasteiger partial charge in [-0.05, 0) is 67.2 Å². The van der Waals surface area contributed by atoms with Crippen molar-refractivity contribution in [3.63, 3.8) is 0 Å². The van der Waals surface area contributed by atoms with Crippen LogP contribution in [0.4, 0.5) is 0 Å². The maximum absolute atomic E-state index is 6.74. The number of fused-ring (bicyclic) bond motifs is 3. The number of benzene rings is 2. The largest absolute Gasteiger partial charge is 0.326 e. The first-order valence-electron chi connectivity index (χ1n) is 8.64. The van der Waals surface area contributed by atoms with Gasteiger partial charge in [0.15, 0.2) is 0 Å². The van der Waals surface area contributed by atoms with Crippen LogP contribution in [0.3, 0.4) is 0 Å². The normalized spacial score (nSPS) is 29.2. The number of hydrogen-bond donors (Lipinski definition) is 1. The fourth-order valence-electron chi connectivity index (χ4n) is 4.48. The van der Waals surface area contributed by atoms with Gasteiger partial charge in [-0.1, -0.05) is 56.1 Å². The summed E-state index contributed by atoms with van der Waals surface area (Å²) >= 11 is 7.12. The number of hydrogen-bond acceptors (Lipinski definition) is 2. The fourth-order valence-corrected chi connectivity index (χ4v) is 5.01. The molecule has 126 valence electrons. The van der Waals surface area contributed by atoms with Gasteiger partial charge < -0.3 is 5.73 Å². The van der Waals surface area contributed by atoms with Gasteiger partial charge in [-0.3, -0.25) is 4.90 Å². The van der Waals surface area contributed by atoms with Crippen molar-refractivity contribution in [2.45, 2.75) is 30.8 Å². The lowest BCUT2D eigenvalue weighted by atomic mass is 9.71. The summed E-state index contributed by atoms with van der Waals surface area (Å²) in [5.41, 5.74) is 9.45. The summed E-state index contributed by atoms with van der Waals surface area (Å²) in [6.07, 6.45) is 2.51. The monoisotopic (exact) mass is 448 g/mol. The quantitative estimate of drug-likeness (QED) is 0.731. The molecule has 3 saturated heterocycles. The predicted octanol–water partition coefficient (Wildman–Crippen LogP) is 4.77. The number of nitrogens with two attached hydrogens (primary N) is 1. The highest BCUT2D eigenvalue weighted by Gasteiger charge is 2.44. The van der Waals surface area contributed by atoms with E-state index in [4.69, 9.17) is 5.73 Å². The summed E-state index contributed by atoms with van der Waals surface area (Å²) in [5.74, 6) is 0.998. The molecule has 2 aromatic carbocycles. The molecular weight excluding hydrogens is 428 g/mol. The highest BCUT2D eigenvalue weighted by atomic mass is 79.9. The third kappa shape index (κ3) is 3.10. The van der Waals surface area contributed by atoms with Gasteiger partial charge in [0.1, 0.15) is 0 Å². The number of halogens is 2. The van der Waals surface area contributed by atoms with E-state index in [1.807, 2.05) is 0 Å². The topological polar surface area (TPSA) is 29.3 Å². The van der Waals surface area contributed by atoms with Crippen molar-refractivity contribution in [2.24, 2.45) is 11.7 Å². The smallest absolute Gasteiger partial charge is 0.0359 e. The van der Waals surface area contributed by atoms with E-state index in [0.717, 1.165) is 8.95 Å². The van der Waals surface area contributed by atoms with Crippen LogP contribution in [-0.4, -0.2) is 30.1 Å². The SMILES string of the molecule is N[C@@H]1C2CCN(CC2)[C@@H]1C(c1ccc(Br)cc1)c1ccc(Br)cc1. The summed E-state index contributed by atoms with van der Waals surface area (Å²) in [7, 11) is 0. The molecule has 0 unspecified atom stereocenters. The van der Waals surface area contributed by atoms with E-state index in [2.05, 4.69) is 85.3 Å². The molecule has 24 heavy (non-hydrogen) atoms. The van der Waals surface area contributed by atoms with Gasteiger partial charge in [-0.15, -0.1) is 0 Å². The molecule has 4 heteroatoms. The van der Waals surface area contributed by atoms with Gasteiger partial charge >= 0.3 is 0 Å². The first kappa shape index (κ1) is 16.8. The van der Waals surface area contributed by atoms with E-state index in [9.17, 15) is 0 Å². The lowest BCUT2D eigenvalue weighted by Gasteiger charge is -2.52. The van der Waals surface area contributed by atoms with Crippen LogP contribution >= 0.6 is 31.9 Å². The number of nitrogens with zero attached hydrogens (tertiary/aromatic N) is 1. The van der Waals surface area contributed by atoms with Crippen molar-refractivity contribution in [3.05, 3.63) is 68.6 Å². The van der Waals surface area contributed by atoms with Crippen molar-refractivity contribution >= 4 is 31.9 Å². The highest BCUT2D eigenvalue weighted by Crippen LogP contribution is 2.41. The average molecular weight is 450 g/mol. The molecule has 3 heterocycles. The van der Waals surface area contributed by atoms with Crippen LogP contribution in [-0.2, 0) is 0 Å². The molecule has 2 atom stereocenters. The van der Waals surface area contributed by atoms with Crippen molar-refractivity contribution in [3.8, 4) is 0 Å². The Balaban J connectivity index is 1.78. The predicted molar refractivity (Wildman–Crippen MR) is 106 cm³/mol. The van der Waals surface area contributed by atoms with E-state index in [-0.39, 0.29) is 6.04 Å². The Labute approximate surface area is 160 Å². The zero-order chi connectivity index (χ0) is 16.7. The minimum atomic E-state index is 0.254. The lowest BCUT2D eigenvalue weighted by Crippen LogP contribution is -2.63. The third-order valence-corrected chi connectivity index (χ3v) is 6.79. The van der Waals surface area contributed by atoms with Crippen molar-refractivity contribution in [1.29, 1.82) is 0 Å². The van der Waals surface area contributed by atoms with Crippen molar-refractivity contribution in [1.82, 2.24) is 4.90 Å². The zero-order valence-electron chi connectivity index (χ0n) is 13.5. The summed E-state index contributed by atoms with van der Waals surface area (Å²) in [5, 5.41) is 0. The van der Waals surface area contributed by atoms with Gasteiger partial charge in [0.2, 0.25) is 0 Å². The second-order valence-electron chi connectivity index (χ2n) is 7.02. The maximum Gasteiger partial charge on any atom is 0.0359 e. The van der Waals surface area contributed by atoms with Gasteiger partial charge in [0.25, 0.3) is 0 Å². The second kappa shape index (κ2) is 6.91. The van der Waals surface area contributed by atoms with Crippen LogP contribution in [0.1, 0.15) is 29.9 Å². The van der Waals surface area contributed by atoms with Crippen LogP contribution in [0.15, 0.2) is 57.5 Å². The fraction of sp³-hybridized carbons (Fsp3) is 0.400. The molecule has 5 rings (SSSR count). The van der Waals surface area contributed by atoms with E-state index in [1.54, 1.807) is 0 Å². The van der Waals surface area contributed by atoms with Gasteiger partial charge in [-0.25, -0.2) is 0 Å². The molecule has 2 bridgehead atoms. The molecule has 0 aromatic heterocycles. The molecule has 0 radical (unpaired) electrons. The van der Waals surface area contributed by atoms with Crippen LogP contribution in [0.2, 0.25) is 0 Å². The Bertz CT molecular complexity index is 643. The van der Waals surface area contributed by atoms with Crippen LogP contribution < -0.4 is 5.73 Å². The second-order valence-corrected chi connectivity index (χ2v) is 8.85. The first-order chi connectivity index (χ1) is 11.6. The lowest BCUT2D eigenvalue weighted by molar-refractivity contribution is 0.0204. The summed E-state index contributed by atoms with van der Waals surface area (Å²) in [4.78, 5) is 2.62. The summed E-state index contributed by atoms with van der Waals surface area (Å²) < 4.78 is 2.24. The van der Waals surface area contributed by atoms with Crippen molar-refractivity contribution < 1.29 is 0 Å².